The molecule has 0 amide bonds. The summed E-state index contributed by atoms with van der Waals surface area (Å²) in [6, 6.07) is 7.60. The van der Waals surface area contributed by atoms with E-state index in [1.54, 1.807) is 23.6 Å². The molecule has 8 heteroatoms. The first-order valence-corrected chi connectivity index (χ1v) is 8.75. The number of aromatic carboxylic acids is 1. The number of carbonyl (C=O) groups is 1. The number of carboxylic acids is 1. The van der Waals surface area contributed by atoms with Gasteiger partial charge in [-0.25, -0.2) is 13.6 Å². The summed E-state index contributed by atoms with van der Waals surface area (Å²) >= 11 is 5.84. The molecule has 28 heavy (non-hydrogen) atoms. The number of rotatable bonds is 5. The second kappa shape index (κ2) is 7.90. The number of hydrogen-bond donors (Lipinski definition) is 1. The number of carboxylic acid groups (broad SMARTS) is 1. The lowest BCUT2D eigenvalue weighted by Gasteiger charge is -2.19. The predicted molar refractivity (Wildman–Crippen MR) is 101 cm³/mol. The van der Waals surface area contributed by atoms with Gasteiger partial charge in [0.1, 0.15) is 5.56 Å². The monoisotopic (exact) mass is 404 g/mol. The standard InChI is InChI=1S/C20H15ClF2N2O3/c1-2-25-14(8-13-5-4-12(21)10-24-13)9-17(26)18(20(27)28)19(25)11-3-6-15(22)16(23)7-11/h3-7,9-10H,2,8H2,1H3,(H,27,28). The Morgan fingerprint density at radius 2 is 1.93 bits per heavy atom. The summed E-state index contributed by atoms with van der Waals surface area (Å²) in [4.78, 5) is 28.5. The van der Waals surface area contributed by atoms with Crippen LogP contribution in [-0.4, -0.2) is 20.6 Å². The molecule has 1 N–H and O–H groups in total. The van der Waals surface area contributed by atoms with E-state index in [1.165, 1.54) is 18.3 Å². The molecule has 1 aromatic carbocycles. The highest BCUT2D eigenvalue weighted by atomic mass is 35.5. The normalized spacial score (nSPS) is 10.9. The average molecular weight is 405 g/mol. The van der Waals surface area contributed by atoms with E-state index in [0.29, 0.717) is 23.0 Å². The minimum absolute atomic E-state index is 0.0189. The largest absolute Gasteiger partial charge is 0.477 e. The predicted octanol–water partition coefficient (Wildman–Crippen LogP) is 4.15. The fraction of sp³-hybridized carbons (Fsp3) is 0.150. The molecule has 3 aromatic rings. The van der Waals surface area contributed by atoms with Crippen LogP contribution in [0.1, 0.15) is 28.7 Å². The van der Waals surface area contributed by atoms with Crippen LogP contribution in [0.4, 0.5) is 8.78 Å². The molecule has 0 aliphatic carbocycles. The van der Waals surface area contributed by atoms with Crippen molar-refractivity contribution < 1.29 is 18.7 Å². The maximum Gasteiger partial charge on any atom is 0.341 e. The molecule has 3 rings (SSSR count). The third kappa shape index (κ3) is 3.80. The summed E-state index contributed by atoms with van der Waals surface area (Å²) in [5.74, 6) is -3.63. The van der Waals surface area contributed by atoms with Gasteiger partial charge in [0.05, 0.1) is 10.7 Å². The molecule has 0 aliphatic heterocycles. The van der Waals surface area contributed by atoms with Gasteiger partial charge in [-0.1, -0.05) is 11.6 Å². The van der Waals surface area contributed by atoms with Crippen LogP contribution < -0.4 is 5.43 Å². The number of pyridine rings is 2. The number of benzene rings is 1. The maximum atomic E-state index is 13.8. The fourth-order valence-electron chi connectivity index (χ4n) is 3.05. The van der Waals surface area contributed by atoms with Crippen molar-refractivity contribution in [2.24, 2.45) is 0 Å². The van der Waals surface area contributed by atoms with Gasteiger partial charge >= 0.3 is 5.97 Å². The van der Waals surface area contributed by atoms with Crippen LogP contribution in [0.3, 0.4) is 0 Å². The molecular formula is C20H15ClF2N2O3. The number of halogens is 3. The van der Waals surface area contributed by atoms with Crippen molar-refractivity contribution in [1.29, 1.82) is 0 Å². The highest BCUT2D eigenvalue weighted by molar-refractivity contribution is 6.30. The van der Waals surface area contributed by atoms with E-state index in [2.05, 4.69) is 4.98 Å². The molecule has 0 aliphatic rings. The Morgan fingerprint density at radius 1 is 1.18 bits per heavy atom. The Balaban J connectivity index is 2.26. The fourth-order valence-corrected chi connectivity index (χ4v) is 3.16. The van der Waals surface area contributed by atoms with Gasteiger partial charge in [-0.3, -0.25) is 9.78 Å². The third-order valence-electron chi connectivity index (χ3n) is 4.27. The summed E-state index contributed by atoms with van der Waals surface area (Å²) < 4.78 is 28.7. The lowest BCUT2D eigenvalue weighted by atomic mass is 10.0. The quantitative estimate of drug-likeness (QED) is 0.693. The van der Waals surface area contributed by atoms with Crippen molar-refractivity contribution in [2.45, 2.75) is 19.9 Å². The number of nitrogens with zero attached hydrogens (tertiary/aromatic N) is 2. The van der Waals surface area contributed by atoms with Crippen LogP contribution in [0.15, 0.2) is 47.4 Å². The Hall–Kier alpha value is -3.06. The summed E-state index contributed by atoms with van der Waals surface area (Å²) in [6.07, 6.45) is 1.70. The summed E-state index contributed by atoms with van der Waals surface area (Å²) in [5, 5.41) is 10.0. The Bertz CT molecular complexity index is 1110. The lowest BCUT2D eigenvalue weighted by Crippen LogP contribution is -2.23. The SMILES string of the molecule is CCn1c(Cc2ccc(Cl)cn2)cc(=O)c(C(=O)O)c1-c1ccc(F)c(F)c1. The third-order valence-corrected chi connectivity index (χ3v) is 4.50. The van der Waals surface area contributed by atoms with E-state index >= 15 is 0 Å². The zero-order valence-electron chi connectivity index (χ0n) is 14.7. The van der Waals surface area contributed by atoms with Gasteiger partial charge < -0.3 is 9.67 Å². The Labute approximate surface area is 163 Å². The van der Waals surface area contributed by atoms with E-state index in [-0.39, 0.29) is 17.7 Å². The van der Waals surface area contributed by atoms with E-state index in [9.17, 15) is 23.5 Å². The van der Waals surface area contributed by atoms with Gasteiger partial charge in [0.15, 0.2) is 17.1 Å². The first-order valence-electron chi connectivity index (χ1n) is 8.37. The first-order chi connectivity index (χ1) is 13.3. The zero-order valence-corrected chi connectivity index (χ0v) is 15.5. The number of hydrogen-bond acceptors (Lipinski definition) is 3. The van der Waals surface area contributed by atoms with Gasteiger partial charge in [-0.15, -0.1) is 0 Å². The molecule has 0 fully saturated rings. The zero-order chi connectivity index (χ0) is 20.4. The van der Waals surface area contributed by atoms with E-state index < -0.39 is 28.6 Å². The second-order valence-corrected chi connectivity index (χ2v) is 6.48. The van der Waals surface area contributed by atoms with E-state index in [4.69, 9.17) is 11.6 Å². The van der Waals surface area contributed by atoms with Crippen molar-refractivity contribution in [1.82, 2.24) is 9.55 Å². The summed E-state index contributed by atoms with van der Waals surface area (Å²) in [5.41, 5.74) is 0.00506. The second-order valence-electron chi connectivity index (χ2n) is 6.05. The Morgan fingerprint density at radius 3 is 2.50 bits per heavy atom. The molecule has 0 saturated carbocycles. The summed E-state index contributed by atoms with van der Waals surface area (Å²) in [7, 11) is 0. The van der Waals surface area contributed by atoms with Crippen LogP contribution >= 0.6 is 11.6 Å². The highest BCUT2D eigenvalue weighted by Crippen LogP contribution is 2.26. The van der Waals surface area contributed by atoms with Crippen LogP contribution in [0.5, 0.6) is 0 Å². The molecule has 0 radical (unpaired) electrons. The lowest BCUT2D eigenvalue weighted by molar-refractivity contribution is 0.0695. The van der Waals surface area contributed by atoms with Crippen molar-refractivity contribution >= 4 is 17.6 Å². The Kier molecular flexibility index (Phi) is 5.56. The van der Waals surface area contributed by atoms with E-state index in [1.807, 2.05) is 0 Å². The van der Waals surface area contributed by atoms with Crippen LogP contribution in [0, 0.1) is 11.6 Å². The van der Waals surface area contributed by atoms with Crippen molar-refractivity contribution in [3.8, 4) is 11.3 Å². The molecule has 5 nitrogen and oxygen atoms in total. The van der Waals surface area contributed by atoms with E-state index in [0.717, 1.165) is 12.1 Å². The van der Waals surface area contributed by atoms with Gasteiger partial charge in [-0.2, -0.15) is 0 Å². The van der Waals surface area contributed by atoms with Gasteiger partial charge in [0.2, 0.25) is 0 Å². The van der Waals surface area contributed by atoms with Crippen molar-refractivity contribution in [2.75, 3.05) is 0 Å². The summed E-state index contributed by atoms with van der Waals surface area (Å²) in [6.45, 7) is 2.07. The molecule has 2 heterocycles. The van der Waals surface area contributed by atoms with Gasteiger partial charge in [-0.05, 0) is 37.3 Å². The van der Waals surface area contributed by atoms with Crippen LogP contribution in [0.25, 0.3) is 11.3 Å². The number of aromatic nitrogens is 2. The molecule has 0 bridgehead atoms. The molecule has 144 valence electrons. The van der Waals surface area contributed by atoms with Crippen molar-refractivity contribution in [3.05, 3.63) is 86.4 Å². The van der Waals surface area contributed by atoms with Crippen molar-refractivity contribution in [3.63, 3.8) is 0 Å². The topological polar surface area (TPSA) is 72.2 Å². The van der Waals surface area contributed by atoms with Gasteiger partial charge in [0.25, 0.3) is 0 Å². The molecule has 0 spiro atoms. The van der Waals surface area contributed by atoms with Gasteiger partial charge in [0, 0.05) is 42.2 Å². The minimum atomic E-state index is -1.44. The molecule has 2 aromatic heterocycles. The highest BCUT2D eigenvalue weighted by Gasteiger charge is 2.22. The van der Waals surface area contributed by atoms with Crippen LogP contribution in [-0.2, 0) is 13.0 Å². The first kappa shape index (κ1) is 19.7. The molecule has 0 saturated heterocycles. The maximum absolute atomic E-state index is 13.8. The van der Waals surface area contributed by atoms with Crippen LogP contribution in [0.2, 0.25) is 5.02 Å². The minimum Gasteiger partial charge on any atom is -0.477 e. The average Bonchev–Trinajstić information content (AvgIpc) is 2.65. The molecule has 0 atom stereocenters. The molecule has 0 unspecified atom stereocenters. The smallest absolute Gasteiger partial charge is 0.341 e. The molecular weight excluding hydrogens is 390 g/mol.